The van der Waals surface area contributed by atoms with Crippen LogP contribution >= 0.6 is 23.5 Å². The summed E-state index contributed by atoms with van der Waals surface area (Å²) in [5, 5.41) is 1.57. The molecular weight excluding hydrogens is 308 g/mol. The van der Waals surface area contributed by atoms with Crippen LogP contribution in [0.5, 0.6) is 0 Å². The van der Waals surface area contributed by atoms with Gasteiger partial charge >= 0.3 is 0 Å². The molecule has 1 heterocycles. The molecule has 4 rings (SSSR count). The Hall–Kier alpha value is 0.137. The summed E-state index contributed by atoms with van der Waals surface area (Å²) in [4.78, 5) is 0. The van der Waals surface area contributed by atoms with E-state index in [9.17, 15) is 0 Å². The summed E-state index contributed by atoms with van der Waals surface area (Å²) in [6.07, 6.45) is 9.04. The first kappa shape index (κ1) is 14.7. The number of thioether (sulfide) groups is 2. The van der Waals surface area contributed by atoms with Gasteiger partial charge in [0.2, 0.25) is 0 Å². The summed E-state index contributed by atoms with van der Waals surface area (Å²) in [6, 6.07) is 12.7. The van der Waals surface area contributed by atoms with E-state index >= 15 is 0 Å². The molecule has 1 saturated heterocycles. The minimum Gasteiger partial charge on any atom is -0.143 e. The Kier molecular flexibility index (Phi) is 4.18. The Morgan fingerprint density at radius 1 is 1.05 bits per heavy atom. The standard InChI is InChI=1S/C18H24S2Si/c1-2-6-16(7-3-1)21-14-17-8-4-5-15(17)13-18(10-9-17)19-11-12-20-18/h1-3,6-7,15H,4-5,8-14H2/t15-,17+/m1/s1. The predicted molar refractivity (Wildman–Crippen MR) is 97.9 cm³/mol. The van der Waals surface area contributed by atoms with Gasteiger partial charge in [0, 0.05) is 11.5 Å². The third-order valence-corrected chi connectivity index (χ3v) is 11.1. The van der Waals surface area contributed by atoms with Crippen molar-refractivity contribution in [3.05, 3.63) is 30.3 Å². The van der Waals surface area contributed by atoms with E-state index in [1.165, 1.54) is 56.1 Å². The maximum Gasteiger partial charge on any atom is 0.0813 e. The van der Waals surface area contributed by atoms with Gasteiger partial charge in [-0.1, -0.05) is 48.0 Å². The molecule has 2 atom stereocenters. The maximum atomic E-state index is 2.33. The fourth-order valence-electron chi connectivity index (χ4n) is 4.69. The molecule has 21 heavy (non-hydrogen) atoms. The summed E-state index contributed by atoms with van der Waals surface area (Å²) >= 11 is 4.59. The van der Waals surface area contributed by atoms with Crippen LogP contribution in [0, 0.1) is 11.3 Å². The van der Waals surface area contributed by atoms with Crippen LogP contribution in [0.3, 0.4) is 0 Å². The van der Waals surface area contributed by atoms with Crippen LogP contribution in [-0.2, 0) is 0 Å². The fraction of sp³-hybridized carbons (Fsp3) is 0.667. The number of hydrogen-bond donors (Lipinski definition) is 0. The van der Waals surface area contributed by atoms with E-state index in [0.717, 1.165) is 15.4 Å². The molecule has 0 unspecified atom stereocenters. The van der Waals surface area contributed by atoms with Crippen LogP contribution in [0.1, 0.15) is 38.5 Å². The van der Waals surface area contributed by atoms with Gasteiger partial charge in [-0.25, -0.2) is 0 Å². The van der Waals surface area contributed by atoms with Crippen LogP contribution in [0.2, 0.25) is 6.04 Å². The molecule has 3 heteroatoms. The minimum absolute atomic E-state index is 0.633. The van der Waals surface area contributed by atoms with Crippen molar-refractivity contribution < 1.29 is 0 Å². The largest absolute Gasteiger partial charge is 0.143 e. The highest BCUT2D eigenvalue weighted by atomic mass is 32.2. The molecular formula is C18H24S2Si. The van der Waals surface area contributed by atoms with Gasteiger partial charge in [-0.15, -0.1) is 23.5 Å². The smallest absolute Gasteiger partial charge is 0.0813 e. The lowest BCUT2D eigenvalue weighted by Gasteiger charge is -2.47. The molecule has 112 valence electrons. The molecule has 0 aromatic heterocycles. The van der Waals surface area contributed by atoms with Gasteiger partial charge < -0.3 is 0 Å². The van der Waals surface area contributed by atoms with Crippen molar-refractivity contribution in [2.75, 3.05) is 11.5 Å². The quantitative estimate of drug-likeness (QED) is 0.743. The van der Waals surface area contributed by atoms with Gasteiger partial charge in [0.05, 0.1) is 13.6 Å². The first-order valence-corrected chi connectivity index (χ1v) is 11.6. The Balaban J connectivity index is 1.46. The van der Waals surface area contributed by atoms with Crippen LogP contribution in [0.25, 0.3) is 0 Å². The summed E-state index contributed by atoms with van der Waals surface area (Å²) in [5.74, 6) is 3.83. The highest BCUT2D eigenvalue weighted by molar-refractivity contribution is 8.21. The molecule has 0 bridgehead atoms. The summed E-state index contributed by atoms with van der Waals surface area (Å²) < 4.78 is 0.633. The van der Waals surface area contributed by atoms with Crippen LogP contribution in [-0.4, -0.2) is 25.1 Å². The maximum absolute atomic E-state index is 2.33. The van der Waals surface area contributed by atoms with Gasteiger partial charge in [-0.2, -0.15) is 0 Å². The van der Waals surface area contributed by atoms with E-state index < -0.39 is 0 Å². The Bertz CT molecular complexity index is 483. The zero-order valence-corrected chi connectivity index (χ0v) is 15.3. The van der Waals surface area contributed by atoms with Crippen molar-refractivity contribution in [3.63, 3.8) is 0 Å². The molecule has 0 N–H and O–H groups in total. The second-order valence-corrected chi connectivity index (χ2v) is 11.5. The van der Waals surface area contributed by atoms with E-state index in [-0.39, 0.29) is 0 Å². The highest BCUT2D eigenvalue weighted by Gasteiger charge is 2.52. The van der Waals surface area contributed by atoms with Crippen molar-refractivity contribution >= 4 is 38.2 Å². The molecule has 2 saturated carbocycles. The van der Waals surface area contributed by atoms with E-state index in [0.29, 0.717) is 9.49 Å². The molecule has 0 amide bonds. The second-order valence-electron chi connectivity index (χ2n) is 6.98. The van der Waals surface area contributed by atoms with Crippen molar-refractivity contribution in [1.29, 1.82) is 0 Å². The lowest BCUT2D eigenvalue weighted by molar-refractivity contribution is 0.150. The molecule has 2 aliphatic carbocycles. The van der Waals surface area contributed by atoms with E-state index in [1.807, 2.05) is 0 Å². The van der Waals surface area contributed by atoms with Gasteiger partial charge in [-0.3, -0.25) is 0 Å². The molecule has 0 nitrogen and oxygen atoms in total. The van der Waals surface area contributed by atoms with Crippen LogP contribution in [0.4, 0.5) is 0 Å². The number of benzene rings is 1. The van der Waals surface area contributed by atoms with Crippen LogP contribution < -0.4 is 5.19 Å². The van der Waals surface area contributed by atoms with Gasteiger partial charge in [0.15, 0.2) is 0 Å². The third kappa shape index (κ3) is 2.86. The average Bonchev–Trinajstić information content (AvgIpc) is 3.14. The average molecular weight is 333 g/mol. The Morgan fingerprint density at radius 2 is 1.86 bits per heavy atom. The van der Waals surface area contributed by atoms with E-state index in [2.05, 4.69) is 53.9 Å². The first-order chi connectivity index (χ1) is 10.3. The molecule has 3 aliphatic rings. The summed E-state index contributed by atoms with van der Waals surface area (Å²) in [6.45, 7) is 0. The topological polar surface area (TPSA) is 0 Å². The first-order valence-electron chi connectivity index (χ1n) is 8.37. The van der Waals surface area contributed by atoms with Gasteiger partial charge in [0.1, 0.15) is 0 Å². The van der Waals surface area contributed by atoms with Crippen molar-refractivity contribution in [2.45, 2.75) is 48.6 Å². The SMILES string of the molecule is c1ccc([Si]C[C@@]23CCC[C@@H]2CC2(CC3)SCCS2)cc1. The molecule has 1 spiro atoms. The zero-order valence-electron chi connectivity index (χ0n) is 12.6. The van der Waals surface area contributed by atoms with Crippen molar-refractivity contribution in [2.24, 2.45) is 11.3 Å². The number of rotatable bonds is 3. The molecule has 1 aliphatic heterocycles. The van der Waals surface area contributed by atoms with E-state index in [4.69, 9.17) is 0 Å². The Morgan fingerprint density at radius 3 is 2.67 bits per heavy atom. The second kappa shape index (κ2) is 5.97. The van der Waals surface area contributed by atoms with Crippen LogP contribution in [0.15, 0.2) is 30.3 Å². The van der Waals surface area contributed by atoms with Gasteiger partial charge in [0.25, 0.3) is 0 Å². The molecule has 1 aromatic rings. The number of hydrogen-bond acceptors (Lipinski definition) is 2. The third-order valence-electron chi connectivity index (χ3n) is 5.89. The molecule has 1 aromatic carbocycles. The summed E-state index contributed by atoms with van der Waals surface area (Å²) in [5.41, 5.74) is 0.712. The lowest BCUT2D eigenvalue weighted by atomic mass is 9.69. The normalized spacial score (nSPS) is 34.2. The van der Waals surface area contributed by atoms with Crippen molar-refractivity contribution in [3.8, 4) is 0 Å². The highest BCUT2D eigenvalue weighted by Crippen LogP contribution is 2.63. The Labute approximate surface area is 140 Å². The molecule has 3 fully saturated rings. The van der Waals surface area contributed by atoms with E-state index in [1.54, 1.807) is 5.19 Å². The van der Waals surface area contributed by atoms with Gasteiger partial charge in [-0.05, 0) is 43.4 Å². The fourth-order valence-corrected chi connectivity index (χ4v) is 9.69. The van der Waals surface area contributed by atoms with Crippen molar-refractivity contribution in [1.82, 2.24) is 0 Å². The predicted octanol–water partition coefficient (Wildman–Crippen LogP) is 4.58. The minimum atomic E-state index is 0.633. The summed E-state index contributed by atoms with van der Waals surface area (Å²) in [7, 11) is 1.02. The zero-order chi connectivity index (χ0) is 14.2. The molecule has 2 radical (unpaired) electrons. The monoisotopic (exact) mass is 332 g/mol. The number of fused-ring (bicyclic) bond motifs is 1. The lowest BCUT2D eigenvalue weighted by Crippen LogP contribution is -2.40.